The van der Waals surface area contributed by atoms with Gasteiger partial charge >= 0.3 is 0 Å². The molecule has 5 heteroatoms. The minimum atomic E-state index is 0.433. The lowest BCUT2D eigenvalue weighted by molar-refractivity contribution is 0.324. The second kappa shape index (κ2) is 8.46. The Kier molecular flexibility index (Phi) is 6.30. The van der Waals surface area contributed by atoms with E-state index in [1.54, 1.807) is 13.2 Å². The largest absolute Gasteiger partial charge is 0.493 e. The smallest absolute Gasteiger partial charge is 0.175 e. The van der Waals surface area contributed by atoms with Crippen LogP contribution in [0, 0.1) is 0 Å². The summed E-state index contributed by atoms with van der Waals surface area (Å²) in [6, 6.07) is 13.9. The van der Waals surface area contributed by atoms with Gasteiger partial charge in [0, 0.05) is 12.2 Å². The van der Waals surface area contributed by atoms with E-state index in [-0.39, 0.29) is 0 Å². The maximum atomic E-state index is 5.61. The van der Waals surface area contributed by atoms with Crippen molar-refractivity contribution in [3.05, 3.63) is 65.2 Å². The van der Waals surface area contributed by atoms with E-state index >= 15 is 0 Å². The van der Waals surface area contributed by atoms with Crippen molar-refractivity contribution in [3.63, 3.8) is 0 Å². The molecule has 22 heavy (non-hydrogen) atoms. The molecule has 0 radical (unpaired) electrons. The van der Waals surface area contributed by atoms with Gasteiger partial charge in [0.2, 0.25) is 0 Å². The Bertz CT molecular complexity index is 618. The summed E-state index contributed by atoms with van der Waals surface area (Å²) in [6.07, 6.45) is 1.70. The van der Waals surface area contributed by atoms with E-state index in [1.165, 1.54) is 0 Å². The van der Waals surface area contributed by atoms with E-state index in [0.29, 0.717) is 24.7 Å². The van der Waals surface area contributed by atoms with E-state index in [9.17, 15) is 0 Å². The number of benzene rings is 2. The van der Waals surface area contributed by atoms with Crippen molar-refractivity contribution in [3.8, 4) is 11.5 Å². The summed E-state index contributed by atoms with van der Waals surface area (Å²) >= 11 is 3.52. The molecule has 0 heterocycles. The molecule has 2 aromatic carbocycles. The first-order valence-corrected chi connectivity index (χ1v) is 7.68. The SMILES string of the molecule is C=CCOc1c(Br)cc(CNNc2ccccc2)cc1OC. The zero-order valence-electron chi connectivity index (χ0n) is 12.4. The van der Waals surface area contributed by atoms with Gasteiger partial charge in [0.05, 0.1) is 11.6 Å². The quantitative estimate of drug-likeness (QED) is 0.547. The number of halogens is 1. The first-order valence-electron chi connectivity index (χ1n) is 6.88. The van der Waals surface area contributed by atoms with Crippen LogP contribution in [0.5, 0.6) is 11.5 Å². The van der Waals surface area contributed by atoms with E-state index in [4.69, 9.17) is 9.47 Å². The van der Waals surface area contributed by atoms with E-state index in [2.05, 4.69) is 33.4 Å². The van der Waals surface area contributed by atoms with Gasteiger partial charge < -0.3 is 14.9 Å². The van der Waals surface area contributed by atoms with Crippen molar-refractivity contribution in [1.82, 2.24) is 5.43 Å². The van der Waals surface area contributed by atoms with Crippen LogP contribution in [0.3, 0.4) is 0 Å². The molecule has 0 bridgehead atoms. The van der Waals surface area contributed by atoms with Crippen molar-refractivity contribution in [2.45, 2.75) is 6.54 Å². The van der Waals surface area contributed by atoms with Crippen LogP contribution in [0.15, 0.2) is 59.6 Å². The fourth-order valence-corrected chi connectivity index (χ4v) is 2.53. The molecule has 0 fully saturated rings. The van der Waals surface area contributed by atoms with Crippen molar-refractivity contribution in [2.75, 3.05) is 19.1 Å². The van der Waals surface area contributed by atoms with Crippen LogP contribution in [0.25, 0.3) is 0 Å². The molecule has 0 saturated carbocycles. The fraction of sp³-hybridized carbons (Fsp3) is 0.176. The van der Waals surface area contributed by atoms with Crippen LogP contribution in [0.4, 0.5) is 5.69 Å². The molecular weight excluding hydrogens is 344 g/mol. The predicted octanol–water partition coefficient (Wildman–Crippen LogP) is 4.14. The molecule has 0 aliphatic rings. The molecule has 0 aliphatic carbocycles. The molecule has 0 aliphatic heterocycles. The van der Waals surface area contributed by atoms with Gasteiger partial charge in [-0.2, -0.15) is 0 Å². The number of ether oxygens (including phenoxy) is 2. The molecule has 0 saturated heterocycles. The summed E-state index contributed by atoms with van der Waals surface area (Å²) < 4.78 is 11.9. The standard InChI is InChI=1S/C17H19BrN2O2/c1-3-9-22-17-15(18)10-13(11-16(17)21-2)12-19-20-14-7-5-4-6-8-14/h3-8,10-11,19-20H,1,9,12H2,2H3. The normalized spacial score (nSPS) is 10.1. The summed E-state index contributed by atoms with van der Waals surface area (Å²) in [5, 5.41) is 0. The first-order chi connectivity index (χ1) is 10.7. The van der Waals surface area contributed by atoms with E-state index < -0.39 is 0 Å². The third kappa shape index (κ3) is 4.51. The van der Waals surface area contributed by atoms with Crippen molar-refractivity contribution in [2.24, 2.45) is 0 Å². The Balaban J connectivity index is 2.02. The molecule has 0 amide bonds. The minimum Gasteiger partial charge on any atom is -0.493 e. The van der Waals surface area contributed by atoms with Gasteiger partial charge in [-0.3, -0.25) is 0 Å². The lowest BCUT2D eigenvalue weighted by Crippen LogP contribution is -2.20. The number of hydrazine groups is 1. The van der Waals surface area contributed by atoms with Crippen LogP contribution in [-0.2, 0) is 6.54 Å². The summed E-state index contributed by atoms with van der Waals surface area (Å²) in [7, 11) is 1.63. The Hall–Kier alpha value is -1.98. The highest BCUT2D eigenvalue weighted by Gasteiger charge is 2.11. The third-order valence-corrected chi connectivity index (χ3v) is 3.52. The summed E-state index contributed by atoms with van der Waals surface area (Å²) in [5.41, 5.74) is 8.41. The lowest BCUT2D eigenvalue weighted by atomic mass is 10.2. The Morgan fingerprint density at radius 3 is 2.68 bits per heavy atom. The van der Waals surface area contributed by atoms with Crippen LogP contribution < -0.4 is 20.3 Å². The predicted molar refractivity (Wildman–Crippen MR) is 93.3 cm³/mol. The highest BCUT2D eigenvalue weighted by atomic mass is 79.9. The van der Waals surface area contributed by atoms with Gasteiger partial charge in [-0.25, -0.2) is 5.43 Å². The average molecular weight is 363 g/mol. The van der Waals surface area contributed by atoms with Gasteiger partial charge in [0.25, 0.3) is 0 Å². The summed E-state index contributed by atoms with van der Waals surface area (Å²) in [6.45, 7) is 4.73. The highest BCUT2D eigenvalue weighted by molar-refractivity contribution is 9.10. The monoisotopic (exact) mass is 362 g/mol. The maximum Gasteiger partial charge on any atom is 0.175 e. The molecule has 4 nitrogen and oxygen atoms in total. The Labute approximate surface area is 139 Å². The molecule has 0 atom stereocenters. The average Bonchev–Trinajstić information content (AvgIpc) is 2.54. The number of hydrogen-bond acceptors (Lipinski definition) is 4. The zero-order chi connectivity index (χ0) is 15.8. The van der Waals surface area contributed by atoms with Gasteiger partial charge in [-0.05, 0) is 45.8 Å². The van der Waals surface area contributed by atoms with Crippen molar-refractivity contribution < 1.29 is 9.47 Å². The van der Waals surface area contributed by atoms with Crippen molar-refractivity contribution >= 4 is 21.6 Å². The molecule has 0 spiro atoms. The van der Waals surface area contributed by atoms with E-state index in [0.717, 1.165) is 15.7 Å². The van der Waals surface area contributed by atoms with Gasteiger partial charge in [-0.15, -0.1) is 0 Å². The fourth-order valence-electron chi connectivity index (χ4n) is 1.93. The van der Waals surface area contributed by atoms with Crippen LogP contribution >= 0.6 is 15.9 Å². The maximum absolute atomic E-state index is 5.61. The van der Waals surface area contributed by atoms with Gasteiger partial charge in [-0.1, -0.05) is 30.9 Å². The van der Waals surface area contributed by atoms with Crippen LogP contribution in [-0.4, -0.2) is 13.7 Å². The minimum absolute atomic E-state index is 0.433. The molecule has 2 aromatic rings. The second-order valence-electron chi connectivity index (χ2n) is 4.55. The first kappa shape index (κ1) is 16.4. The zero-order valence-corrected chi connectivity index (χ0v) is 14.0. The number of hydrogen-bond donors (Lipinski definition) is 2. The Morgan fingerprint density at radius 2 is 2.00 bits per heavy atom. The van der Waals surface area contributed by atoms with Gasteiger partial charge in [0.1, 0.15) is 6.61 Å². The number of nitrogens with one attached hydrogen (secondary N) is 2. The molecule has 0 aromatic heterocycles. The number of methoxy groups -OCH3 is 1. The number of rotatable bonds is 8. The van der Waals surface area contributed by atoms with Crippen molar-refractivity contribution in [1.29, 1.82) is 0 Å². The summed E-state index contributed by atoms with van der Waals surface area (Å²) in [4.78, 5) is 0. The molecule has 116 valence electrons. The summed E-state index contributed by atoms with van der Waals surface area (Å²) in [5.74, 6) is 1.37. The van der Waals surface area contributed by atoms with Crippen LogP contribution in [0.1, 0.15) is 5.56 Å². The lowest BCUT2D eigenvalue weighted by Gasteiger charge is -2.14. The number of para-hydroxylation sites is 1. The Morgan fingerprint density at radius 1 is 1.23 bits per heavy atom. The van der Waals surface area contributed by atoms with E-state index in [1.807, 2.05) is 42.5 Å². The molecule has 2 rings (SSSR count). The van der Waals surface area contributed by atoms with Crippen LogP contribution in [0.2, 0.25) is 0 Å². The topological polar surface area (TPSA) is 42.5 Å². The molecule has 0 unspecified atom stereocenters. The molecular formula is C17H19BrN2O2. The molecule has 2 N–H and O–H groups in total. The highest BCUT2D eigenvalue weighted by Crippen LogP contribution is 2.36. The third-order valence-electron chi connectivity index (χ3n) is 2.93. The second-order valence-corrected chi connectivity index (χ2v) is 5.41. The number of anilines is 1. The van der Waals surface area contributed by atoms with Gasteiger partial charge in [0.15, 0.2) is 11.5 Å².